The Hall–Kier alpha value is -2.49. The molecule has 1 heterocycles. The number of hydrogen-bond acceptors (Lipinski definition) is 3. The van der Waals surface area contributed by atoms with Gasteiger partial charge in [-0.25, -0.2) is 4.98 Å². The zero-order valence-electron chi connectivity index (χ0n) is 12.4. The molecule has 0 saturated heterocycles. The molecule has 0 radical (unpaired) electrons. The number of benzene rings is 2. The van der Waals surface area contributed by atoms with Gasteiger partial charge in [0, 0.05) is 0 Å². The zero-order chi connectivity index (χ0) is 14.8. The summed E-state index contributed by atoms with van der Waals surface area (Å²) >= 11 is 0. The molecule has 1 aromatic heterocycles. The van der Waals surface area contributed by atoms with Crippen LogP contribution in [0.5, 0.6) is 11.5 Å². The van der Waals surface area contributed by atoms with Crippen LogP contribution in [0.2, 0.25) is 0 Å². The molecule has 0 aliphatic heterocycles. The van der Waals surface area contributed by atoms with E-state index in [4.69, 9.17) is 9.47 Å². The lowest BCUT2D eigenvalue weighted by molar-refractivity contribution is 0.397. The zero-order valence-corrected chi connectivity index (χ0v) is 12.4. The number of hydrogen-bond donors (Lipinski definition) is 1. The molecule has 0 amide bonds. The third-order valence-corrected chi connectivity index (χ3v) is 3.62. The first-order chi connectivity index (χ1) is 10.3. The number of rotatable bonds is 4. The monoisotopic (exact) mass is 282 g/mol. The van der Waals surface area contributed by atoms with Crippen molar-refractivity contribution in [3.63, 3.8) is 0 Å². The van der Waals surface area contributed by atoms with Crippen LogP contribution in [0.3, 0.4) is 0 Å². The second-order valence-electron chi connectivity index (χ2n) is 4.83. The van der Waals surface area contributed by atoms with Gasteiger partial charge in [0.15, 0.2) is 0 Å². The summed E-state index contributed by atoms with van der Waals surface area (Å²) in [6.45, 7) is 2.14. The van der Waals surface area contributed by atoms with Crippen molar-refractivity contribution in [3.05, 3.63) is 42.0 Å². The summed E-state index contributed by atoms with van der Waals surface area (Å²) < 4.78 is 10.9. The number of nitrogens with zero attached hydrogens (tertiary/aromatic N) is 1. The second-order valence-corrected chi connectivity index (χ2v) is 4.83. The molecule has 2 aromatic carbocycles. The first-order valence-electron chi connectivity index (χ1n) is 6.96. The van der Waals surface area contributed by atoms with E-state index < -0.39 is 0 Å². The van der Waals surface area contributed by atoms with Crippen LogP contribution in [0, 0.1) is 0 Å². The van der Waals surface area contributed by atoms with Gasteiger partial charge in [-0.1, -0.05) is 19.1 Å². The van der Waals surface area contributed by atoms with Crippen LogP contribution in [-0.2, 0) is 6.42 Å². The van der Waals surface area contributed by atoms with E-state index in [0.29, 0.717) is 0 Å². The summed E-state index contributed by atoms with van der Waals surface area (Å²) in [5, 5.41) is 0. The number of nitrogens with one attached hydrogen (secondary N) is 1. The molecule has 0 unspecified atom stereocenters. The molecular weight excluding hydrogens is 264 g/mol. The maximum Gasteiger partial charge on any atom is 0.146 e. The van der Waals surface area contributed by atoms with Crippen molar-refractivity contribution in [2.24, 2.45) is 0 Å². The lowest BCUT2D eigenvalue weighted by Gasteiger charge is -2.10. The molecule has 4 nitrogen and oxygen atoms in total. The van der Waals surface area contributed by atoms with Gasteiger partial charge in [0.2, 0.25) is 0 Å². The van der Waals surface area contributed by atoms with Gasteiger partial charge in [0.05, 0.1) is 25.3 Å². The minimum atomic E-state index is 0.740. The average molecular weight is 282 g/mol. The molecule has 21 heavy (non-hydrogen) atoms. The summed E-state index contributed by atoms with van der Waals surface area (Å²) in [6, 6.07) is 12.0. The summed E-state index contributed by atoms with van der Waals surface area (Å²) in [7, 11) is 3.30. The Balaban J connectivity index is 2.20. The van der Waals surface area contributed by atoms with E-state index in [1.54, 1.807) is 14.2 Å². The highest BCUT2D eigenvalue weighted by molar-refractivity contribution is 5.83. The minimum absolute atomic E-state index is 0.740. The predicted octanol–water partition coefficient (Wildman–Crippen LogP) is 3.81. The van der Waals surface area contributed by atoms with Crippen LogP contribution in [0.1, 0.15) is 12.5 Å². The highest BCUT2D eigenvalue weighted by Crippen LogP contribution is 2.37. The highest BCUT2D eigenvalue weighted by Gasteiger charge is 2.16. The van der Waals surface area contributed by atoms with E-state index in [1.165, 1.54) is 5.56 Å². The van der Waals surface area contributed by atoms with E-state index in [0.717, 1.165) is 40.3 Å². The number of imidazole rings is 1. The molecule has 0 spiro atoms. The lowest BCUT2D eigenvalue weighted by atomic mass is 10.1. The molecule has 0 fully saturated rings. The normalized spacial score (nSPS) is 10.8. The number of ether oxygens (including phenoxy) is 2. The van der Waals surface area contributed by atoms with E-state index in [-0.39, 0.29) is 0 Å². The molecule has 0 atom stereocenters. The average Bonchev–Trinajstić information content (AvgIpc) is 2.96. The topological polar surface area (TPSA) is 47.1 Å². The fourth-order valence-corrected chi connectivity index (χ4v) is 2.48. The Labute approximate surface area is 123 Å². The van der Waals surface area contributed by atoms with Crippen molar-refractivity contribution in [3.8, 4) is 22.9 Å². The molecule has 3 aromatic rings. The summed E-state index contributed by atoms with van der Waals surface area (Å²) in [5.41, 5.74) is 4.09. The molecule has 0 aliphatic rings. The maximum absolute atomic E-state index is 5.44. The van der Waals surface area contributed by atoms with Gasteiger partial charge in [-0.2, -0.15) is 0 Å². The fraction of sp³-hybridized carbons (Fsp3) is 0.235. The number of aryl methyl sites for hydroxylation is 1. The number of fused-ring (bicyclic) bond motifs is 1. The van der Waals surface area contributed by atoms with Crippen LogP contribution in [0.25, 0.3) is 22.4 Å². The van der Waals surface area contributed by atoms with Crippen LogP contribution in [-0.4, -0.2) is 24.2 Å². The third kappa shape index (κ3) is 2.33. The second kappa shape index (κ2) is 5.48. The first-order valence-corrected chi connectivity index (χ1v) is 6.96. The largest absolute Gasteiger partial charge is 0.496 e. The summed E-state index contributed by atoms with van der Waals surface area (Å²) in [6.07, 6.45) is 1.00. The van der Waals surface area contributed by atoms with Crippen molar-refractivity contribution in [1.82, 2.24) is 9.97 Å². The van der Waals surface area contributed by atoms with E-state index in [9.17, 15) is 0 Å². The van der Waals surface area contributed by atoms with Crippen molar-refractivity contribution < 1.29 is 9.47 Å². The van der Waals surface area contributed by atoms with E-state index in [1.807, 2.05) is 24.3 Å². The minimum Gasteiger partial charge on any atom is -0.496 e. The molecule has 4 heteroatoms. The van der Waals surface area contributed by atoms with Gasteiger partial charge in [-0.15, -0.1) is 0 Å². The SMILES string of the molecule is CCc1ccc2nc(-c3c(OC)cccc3OC)[nH]c2c1. The van der Waals surface area contributed by atoms with Gasteiger partial charge in [-0.3, -0.25) is 0 Å². The van der Waals surface area contributed by atoms with Crippen LogP contribution < -0.4 is 9.47 Å². The number of H-pyrrole nitrogens is 1. The smallest absolute Gasteiger partial charge is 0.146 e. The summed E-state index contributed by atoms with van der Waals surface area (Å²) in [4.78, 5) is 8.02. The van der Waals surface area contributed by atoms with Crippen molar-refractivity contribution in [2.75, 3.05) is 14.2 Å². The fourth-order valence-electron chi connectivity index (χ4n) is 2.48. The Bertz CT molecular complexity index is 755. The van der Waals surface area contributed by atoms with Crippen LogP contribution >= 0.6 is 0 Å². The molecule has 0 saturated carbocycles. The number of aromatic amines is 1. The lowest BCUT2D eigenvalue weighted by Crippen LogP contribution is -1.93. The highest BCUT2D eigenvalue weighted by atomic mass is 16.5. The molecule has 0 aliphatic carbocycles. The van der Waals surface area contributed by atoms with Gasteiger partial charge >= 0.3 is 0 Å². The number of aromatic nitrogens is 2. The van der Waals surface area contributed by atoms with Crippen molar-refractivity contribution >= 4 is 11.0 Å². The molecule has 3 rings (SSSR count). The molecular formula is C17H18N2O2. The maximum atomic E-state index is 5.44. The van der Waals surface area contributed by atoms with Gasteiger partial charge in [0.1, 0.15) is 22.9 Å². The van der Waals surface area contributed by atoms with E-state index >= 15 is 0 Å². The van der Waals surface area contributed by atoms with Crippen molar-refractivity contribution in [2.45, 2.75) is 13.3 Å². The van der Waals surface area contributed by atoms with E-state index in [2.05, 4.69) is 29.0 Å². The standard InChI is InChI=1S/C17H18N2O2/c1-4-11-8-9-12-13(10-11)19-17(18-12)16-14(20-2)6-5-7-15(16)21-3/h5-10H,4H2,1-3H3,(H,18,19). The third-order valence-electron chi connectivity index (χ3n) is 3.62. The Morgan fingerprint density at radius 2 is 1.76 bits per heavy atom. The molecule has 108 valence electrons. The molecule has 1 N–H and O–H groups in total. The van der Waals surface area contributed by atoms with Gasteiger partial charge in [-0.05, 0) is 36.2 Å². The Morgan fingerprint density at radius 3 is 2.38 bits per heavy atom. The first kappa shape index (κ1) is 13.5. The molecule has 0 bridgehead atoms. The van der Waals surface area contributed by atoms with Crippen LogP contribution in [0.4, 0.5) is 0 Å². The van der Waals surface area contributed by atoms with Crippen LogP contribution in [0.15, 0.2) is 36.4 Å². The Morgan fingerprint density at radius 1 is 1.05 bits per heavy atom. The van der Waals surface area contributed by atoms with Crippen molar-refractivity contribution in [1.29, 1.82) is 0 Å². The predicted molar refractivity (Wildman–Crippen MR) is 84.0 cm³/mol. The van der Waals surface area contributed by atoms with Gasteiger partial charge < -0.3 is 14.5 Å². The Kier molecular flexibility index (Phi) is 3.52. The number of methoxy groups -OCH3 is 2. The quantitative estimate of drug-likeness (QED) is 0.791. The summed E-state index contributed by atoms with van der Waals surface area (Å²) in [5.74, 6) is 2.24. The van der Waals surface area contributed by atoms with Gasteiger partial charge in [0.25, 0.3) is 0 Å².